The molecule has 4 heteroatoms. The fourth-order valence-electron chi connectivity index (χ4n) is 2.49. The summed E-state index contributed by atoms with van der Waals surface area (Å²) in [6, 6.07) is 7.84. The van der Waals surface area contributed by atoms with Gasteiger partial charge in [0.1, 0.15) is 5.75 Å². The Labute approximate surface area is 120 Å². The maximum atomic E-state index is 12.3. The highest BCUT2D eigenvalue weighted by atomic mass is 16.5. The molecule has 20 heavy (non-hydrogen) atoms. The largest absolute Gasteiger partial charge is 0.496 e. The number of benzene rings is 1. The number of methoxy groups -OCH3 is 1. The maximum absolute atomic E-state index is 12.3. The van der Waals surface area contributed by atoms with Crippen molar-refractivity contribution < 1.29 is 14.3 Å². The van der Waals surface area contributed by atoms with Crippen LogP contribution < -0.4 is 4.74 Å². The van der Waals surface area contributed by atoms with E-state index in [0.29, 0.717) is 13.2 Å². The Morgan fingerprint density at radius 2 is 1.95 bits per heavy atom. The standard InChI is InChI=1S/C16H21NO3/c1-12-10-20-11-13(2)17(12)16(18)9-8-14-6-4-5-7-15(14)19-3/h4-9,12-13H,10-11H2,1-3H3/b9-8+/t12-,13-/m1/s1. The minimum atomic E-state index is 0.0132. The smallest absolute Gasteiger partial charge is 0.247 e. The lowest BCUT2D eigenvalue weighted by molar-refractivity contribution is -0.138. The molecule has 1 aromatic rings. The van der Waals surface area contributed by atoms with E-state index < -0.39 is 0 Å². The van der Waals surface area contributed by atoms with Crippen LogP contribution in [0.3, 0.4) is 0 Å². The molecule has 0 aliphatic carbocycles. The summed E-state index contributed by atoms with van der Waals surface area (Å²) in [7, 11) is 1.63. The molecule has 1 heterocycles. The van der Waals surface area contributed by atoms with E-state index in [1.54, 1.807) is 19.3 Å². The molecule has 0 saturated carbocycles. The second kappa shape index (κ2) is 6.57. The van der Waals surface area contributed by atoms with Crippen LogP contribution in [0.2, 0.25) is 0 Å². The Kier molecular flexibility index (Phi) is 4.79. The van der Waals surface area contributed by atoms with Crippen LogP contribution in [0.5, 0.6) is 5.75 Å². The zero-order chi connectivity index (χ0) is 14.5. The number of rotatable bonds is 3. The van der Waals surface area contributed by atoms with Gasteiger partial charge in [0.2, 0.25) is 5.91 Å². The van der Waals surface area contributed by atoms with Crippen LogP contribution in [0.25, 0.3) is 6.08 Å². The van der Waals surface area contributed by atoms with Crippen LogP contribution in [-0.4, -0.2) is 43.2 Å². The fraction of sp³-hybridized carbons (Fsp3) is 0.438. The molecule has 1 aromatic carbocycles. The van der Waals surface area contributed by atoms with Crippen molar-refractivity contribution in [3.05, 3.63) is 35.9 Å². The zero-order valence-electron chi connectivity index (χ0n) is 12.2. The first kappa shape index (κ1) is 14.6. The van der Waals surface area contributed by atoms with Crippen molar-refractivity contribution in [2.75, 3.05) is 20.3 Å². The quantitative estimate of drug-likeness (QED) is 0.795. The van der Waals surface area contributed by atoms with Gasteiger partial charge in [-0.05, 0) is 26.0 Å². The van der Waals surface area contributed by atoms with Crippen LogP contribution in [0.15, 0.2) is 30.3 Å². The third-order valence-corrected chi connectivity index (χ3v) is 3.47. The zero-order valence-corrected chi connectivity index (χ0v) is 12.2. The fourth-order valence-corrected chi connectivity index (χ4v) is 2.49. The minimum Gasteiger partial charge on any atom is -0.496 e. The van der Waals surface area contributed by atoms with Crippen molar-refractivity contribution in [3.8, 4) is 5.75 Å². The monoisotopic (exact) mass is 275 g/mol. The highest BCUT2D eigenvalue weighted by Crippen LogP contribution is 2.19. The Morgan fingerprint density at radius 3 is 2.60 bits per heavy atom. The van der Waals surface area contributed by atoms with Gasteiger partial charge >= 0.3 is 0 Å². The molecular formula is C16H21NO3. The van der Waals surface area contributed by atoms with Crippen LogP contribution in [0.4, 0.5) is 0 Å². The van der Waals surface area contributed by atoms with Gasteiger partial charge in [-0.3, -0.25) is 4.79 Å². The van der Waals surface area contributed by atoms with Crippen LogP contribution >= 0.6 is 0 Å². The normalized spacial score (nSPS) is 23.1. The number of carbonyl (C=O) groups is 1. The number of amides is 1. The highest BCUT2D eigenvalue weighted by Gasteiger charge is 2.28. The summed E-state index contributed by atoms with van der Waals surface area (Å²) in [6.07, 6.45) is 3.41. The van der Waals surface area contributed by atoms with Crippen molar-refractivity contribution in [1.29, 1.82) is 0 Å². The summed E-state index contributed by atoms with van der Waals surface area (Å²) >= 11 is 0. The Balaban J connectivity index is 2.12. The van der Waals surface area contributed by atoms with Gasteiger partial charge in [0, 0.05) is 11.6 Å². The molecule has 0 aromatic heterocycles. The number of para-hydroxylation sites is 1. The van der Waals surface area contributed by atoms with E-state index in [9.17, 15) is 4.79 Å². The summed E-state index contributed by atoms with van der Waals surface area (Å²) in [6.45, 7) is 5.20. The lowest BCUT2D eigenvalue weighted by atomic mass is 10.1. The van der Waals surface area contributed by atoms with E-state index in [1.807, 2.05) is 43.0 Å². The van der Waals surface area contributed by atoms with E-state index in [-0.39, 0.29) is 18.0 Å². The molecule has 1 fully saturated rings. The molecule has 4 nitrogen and oxygen atoms in total. The highest BCUT2D eigenvalue weighted by molar-refractivity contribution is 5.92. The number of ether oxygens (including phenoxy) is 2. The van der Waals surface area contributed by atoms with E-state index >= 15 is 0 Å². The van der Waals surface area contributed by atoms with Gasteiger partial charge in [0.05, 0.1) is 32.4 Å². The lowest BCUT2D eigenvalue weighted by Crippen LogP contribution is -2.51. The van der Waals surface area contributed by atoms with Crippen LogP contribution in [0, 0.1) is 0 Å². The number of morpholine rings is 1. The van der Waals surface area contributed by atoms with Gasteiger partial charge in [0.15, 0.2) is 0 Å². The van der Waals surface area contributed by atoms with Crippen molar-refractivity contribution in [3.63, 3.8) is 0 Å². The van der Waals surface area contributed by atoms with Crippen molar-refractivity contribution >= 4 is 12.0 Å². The summed E-state index contributed by atoms with van der Waals surface area (Å²) in [5.74, 6) is 0.777. The molecular weight excluding hydrogens is 254 g/mol. The second-order valence-electron chi connectivity index (χ2n) is 5.06. The van der Waals surface area contributed by atoms with Gasteiger partial charge in [-0.2, -0.15) is 0 Å². The van der Waals surface area contributed by atoms with Gasteiger partial charge < -0.3 is 14.4 Å². The molecule has 0 bridgehead atoms. The van der Waals surface area contributed by atoms with Crippen LogP contribution in [0.1, 0.15) is 19.4 Å². The molecule has 1 amide bonds. The number of nitrogens with zero attached hydrogens (tertiary/aromatic N) is 1. The van der Waals surface area contributed by atoms with E-state index in [2.05, 4.69) is 0 Å². The molecule has 2 atom stereocenters. The summed E-state index contributed by atoms with van der Waals surface area (Å²) in [5.41, 5.74) is 0.900. The molecule has 0 N–H and O–H groups in total. The average Bonchev–Trinajstić information content (AvgIpc) is 2.45. The number of hydrogen-bond acceptors (Lipinski definition) is 3. The first-order valence-electron chi connectivity index (χ1n) is 6.84. The Morgan fingerprint density at radius 1 is 1.30 bits per heavy atom. The van der Waals surface area contributed by atoms with Crippen molar-refractivity contribution in [1.82, 2.24) is 4.90 Å². The maximum Gasteiger partial charge on any atom is 0.247 e. The van der Waals surface area contributed by atoms with Gasteiger partial charge in [0.25, 0.3) is 0 Å². The number of hydrogen-bond donors (Lipinski definition) is 0. The van der Waals surface area contributed by atoms with Crippen molar-refractivity contribution in [2.45, 2.75) is 25.9 Å². The van der Waals surface area contributed by atoms with Gasteiger partial charge in [-0.15, -0.1) is 0 Å². The predicted molar refractivity (Wildman–Crippen MR) is 78.6 cm³/mol. The molecule has 0 unspecified atom stereocenters. The Bertz CT molecular complexity index is 488. The summed E-state index contributed by atoms with van der Waals surface area (Å²) in [5, 5.41) is 0. The van der Waals surface area contributed by atoms with Crippen molar-refractivity contribution in [2.24, 2.45) is 0 Å². The molecule has 1 saturated heterocycles. The Hall–Kier alpha value is -1.81. The van der Waals surface area contributed by atoms with E-state index in [4.69, 9.17) is 9.47 Å². The van der Waals surface area contributed by atoms with E-state index in [1.165, 1.54) is 0 Å². The van der Waals surface area contributed by atoms with Gasteiger partial charge in [-0.1, -0.05) is 18.2 Å². The molecule has 0 spiro atoms. The van der Waals surface area contributed by atoms with Gasteiger partial charge in [-0.25, -0.2) is 0 Å². The SMILES string of the molecule is COc1ccccc1/C=C/C(=O)N1[C@H](C)COC[C@H]1C. The number of carbonyl (C=O) groups excluding carboxylic acids is 1. The lowest BCUT2D eigenvalue weighted by Gasteiger charge is -2.38. The molecule has 2 rings (SSSR count). The molecule has 0 radical (unpaired) electrons. The first-order chi connectivity index (χ1) is 9.63. The first-order valence-corrected chi connectivity index (χ1v) is 6.84. The molecule has 1 aliphatic rings. The minimum absolute atomic E-state index is 0.0132. The van der Waals surface area contributed by atoms with Crippen LogP contribution in [-0.2, 0) is 9.53 Å². The topological polar surface area (TPSA) is 38.8 Å². The third-order valence-electron chi connectivity index (χ3n) is 3.47. The predicted octanol–water partition coefficient (Wildman–Crippen LogP) is 2.34. The molecule has 108 valence electrons. The summed E-state index contributed by atoms with van der Waals surface area (Å²) in [4.78, 5) is 14.2. The second-order valence-corrected chi connectivity index (χ2v) is 5.06. The average molecular weight is 275 g/mol. The third kappa shape index (κ3) is 3.20. The summed E-state index contributed by atoms with van der Waals surface area (Å²) < 4.78 is 10.7. The molecule has 1 aliphatic heterocycles. The van der Waals surface area contributed by atoms with E-state index in [0.717, 1.165) is 11.3 Å².